The number of hydrogen-bond donors (Lipinski definition) is 0. The summed E-state index contributed by atoms with van der Waals surface area (Å²) in [6.45, 7) is 2.33. The second kappa shape index (κ2) is 10.5. The van der Waals surface area contributed by atoms with Gasteiger partial charge in [-0.1, -0.05) is 23.7 Å². The van der Waals surface area contributed by atoms with E-state index in [1.54, 1.807) is 31.2 Å². The molecule has 35 heavy (non-hydrogen) atoms. The normalized spacial score (nSPS) is 14.2. The molecule has 0 saturated carbocycles. The predicted molar refractivity (Wildman–Crippen MR) is 128 cm³/mol. The van der Waals surface area contributed by atoms with Crippen molar-refractivity contribution in [3.05, 3.63) is 97.9 Å². The molecule has 1 aliphatic rings. The number of esters is 1. The van der Waals surface area contributed by atoms with Crippen LogP contribution in [0.2, 0.25) is 5.02 Å². The third-order valence-corrected chi connectivity index (χ3v) is 5.69. The smallest absolute Gasteiger partial charge is 0.363 e. The highest BCUT2D eigenvalue weighted by molar-refractivity contribution is 9.10. The van der Waals surface area contributed by atoms with E-state index in [0.717, 1.165) is 17.7 Å². The first kappa shape index (κ1) is 24.8. The van der Waals surface area contributed by atoms with Gasteiger partial charge in [-0.05, 0) is 76.5 Å². The molecule has 0 saturated heterocycles. The topological polar surface area (TPSA) is 57.1 Å². The molecule has 4 rings (SSSR count). The number of carbonyl (C=O) groups excluding carboxylic acids is 1. The summed E-state index contributed by atoms with van der Waals surface area (Å²) < 4.78 is 57.4. The molecule has 0 bridgehead atoms. The van der Waals surface area contributed by atoms with Crippen molar-refractivity contribution in [1.29, 1.82) is 0 Å². The van der Waals surface area contributed by atoms with Crippen LogP contribution in [0, 0.1) is 17.5 Å². The zero-order valence-corrected chi connectivity index (χ0v) is 20.4. The van der Waals surface area contributed by atoms with E-state index >= 15 is 0 Å². The fourth-order valence-electron chi connectivity index (χ4n) is 3.18. The standard InChI is InChI=1S/C25H16BrClF3NO4/c1-2-33-22-9-14(7-17(26)23(22)34-12-13-3-5-15(28)6-4-13)8-21-25(32)35-24(31-21)16-10-19(29)20(30)11-18(16)27/h3-11H,2,12H2,1H3/b21-8+. The fourth-order valence-corrected chi connectivity index (χ4v) is 3.98. The van der Waals surface area contributed by atoms with Gasteiger partial charge < -0.3 is 14.2 Å². The average Bonchev–Trinajstić information content (AvgIpc) is 3.17. The Labute approximate surface area is 211 Å². The Morgan fingerprint density at radius 2 is 1.77 bits per heavy atom. The monoisotopic (exact) mass is 565 g/mol. The number of ether oxygens (including phenoxy) is 3. The van der Waals surface area contributed by atoms with Crippen LogP contribution in [0.5, 0.6) is 11.5 Å². The summed E-state index contributed by atoms with van der Waals surface area (Å²) in [6, 6.07) is 10.8. The van der Waals surface area contributed by atoms with E-state index in [2.05, 4.69) is 20.9 Å². The van der Waals surface area contributed by atoms with E-state index in [1.807, 2.05) is 0 Å². The molecule has 1 heterocycles. The van der Waals surface area contributed by atoms with Gasteiger partial charge in [0.25, 0.3) is 0 Å². The maximum atomic E-state index is 13.7. The Morgan fingerprint density at radius 3 is 2.49 bits per heavy atom. The van der Waals surface area contributed by atoms with Crippen molar-refractivity contribution < 1.29 is 32.2 Å². The van der Waals surface area contributed by atoms with Crippen LogP contribution in [0.15, 0.2) is 63.7 Å². The number of rotatable bonds is 7. The number of nitrogens with zero attached hydrogens (tertiary/aromatic N) is 1. The fraction of sp³-hybridized carbons (Fsp3) is 0.120. The predicted octanol–water partition coefficient (Wildman–Crippen LogP) is 6.84. The van der Waals surface area contributed by atoms with Crippen LogP contribution in [0.3, 0.4) is 0 Å². The summed E-state index contributed by atoms with van der Waals surface area (Å²) >= 11 is 9.41. The first-order chi connectivity index (χ1) is 16.7. The molecule has 0 radical (unpaired) electrons. The quantitative estimate of drug-likeness (QED) is 0.178. The molecule has 1 aliphatic heterocycles. The van der Waals surface area contributed by atoms with Crippen LogP contribution >= 0.6 is 27.5 Å². The van der Waals surface area contributed by atoms with Crippen LogP contribution in [-0.2, 0) is 16.1 Å². The Kier molecular flexibility index (Phi) is 7.47. The molecule has 0 N–H and O–H groups in total. The van der Waals surface area contributed by atoms with Crippen LogP contribution in [-0.4, -0.2) is 18.5 Å². The minimum absolute atomic E-state index is 0.0527. The van der Waals surface area contributed by atoms with Crippen LogP contribution in [0.1, 0.15) is 23.6 Å². The average molecular weight is 567 g/mol. The number of benzene rings is 3. The molecular weight excluding hydrogens is 551 g/mol. The van der Waals surface area contributed by atoms with Crippen molar-refractivity contribution in [1.82, 2.24) is 0 Å². The maximum absolute atomic E-state index is 13.7. The van der Waals surface area contributed by atoms with E-state index in [0.29, 0.717) is 28.1 Å². The molecule has 180 valence electrons. The number of carbonyl (C=O) groups is 1. The molecule has 3 aromatic rings. The molecule has 0 unspecified atom stereocenters. The molecule has 0 fully saturated rings. The zero-order chi connectivity index (χ0) is 25.1. The van der Waals surface area contributed by atoms with Gasteiger partial charge in [0.15, 0.2) is 28.8 Å². The second-order valence-electron chi connectivity index (χ2n) is 7.26. The summed E-state index contributed by atoms with van der Waals surface area (Å²) in [6.07, 6.45) is 1.44. The van der Waals surface area contributed by atoms with E-state index < -0.39 is 17.6 Å². The molecule has 10 heteroatoms. The van der Waals surface area contributed by atoms with E-state index in [4.69, 9.17) is 25.8 Å². The highest BCUT2D eigenvalue weighted by atomic mass is 79.9. The maximum Gasteiger partial charge on any atom is 0.363 e. The Morgan fingerprint density at radius 1 is 1.06 bits per heavy atom. The summed E-state index contributed by atoms with van der Waals surface area (Å²) in [5.74, 6) is -2.83. The van der Waals surface area contributed by atoms with Gasteiger partial charge in [0.1, 0.15) is 12.4 Å². The minimum atomic E-state index is -1.15. The Bertz CT molecular complexity index is 1360. The number of cyclic esters (lactones) is 1. The van der Waals surface area contributed by atoms with Crippen LogP contribution < -0.4 is 9.47 Å². The second-order valence-corrected chi connectivity index (χ2v) is 8.52. The van der Waals surface area contributed by atoms with Gasteiger partial charge >= 0.3 is 5.97 Å². The van der Waals surface area contributed by atoms with Gasteiger partial charge in [0, 0.05) is 0 Å². The largest absolute Gasteiger partial charge is 0.490 e. The molecule has 0 spiro atoms. The number of halogens is 5. The molecule has 5 nitrogen and oxygen atoms in total. The third-order valence-electron chi connectivity index (χ3n) is 4.79. The van der Waals surface area contributed by atoms with Gasteiger partial charge in [0.05, 0.1) is 21.7 Å². The Hall–Kier alpha value is -3.30. The van der Waals surface area contributed by atoms with Crippen molar-refractivity contribution in [2.75, 3.05) is 6.61 Å². The van der Waals surface area contributed by atoms with Crippen molar-refractivity contribution in [3.63, 3.8) is 0 Å². The Balaban J connectivity index is 1.63. The lowest BCUT2D eigenvalue weighted by molar-refractivity contribution is -0.129. The molecule has 0 aliphatic carbocycles. The lowest BCUT2D eigenvalue weighted by atomic mass is 10.1. The van der Waals surface area contributed by atoms with Gasteiger partial charge in [-0.2, -0.15) is 0 Å². The summed E-state index contributed by atoms with van der Waals surface area (Å²) in [4.78, 5) is 16.5. The van der Waals surface area contributed by atoms with Crippen LogP contribution in [0.4, 0.5) is 13.2 Å². The summed E-state index contributed by atoms with van der Waals surface area (Å²) in [5, 5.41) is -0.152. The van der Waals surface area contributed by atoms with Gasteiger partial charge in [-0.3, -0.25) is 0 Å². The highest BCUT2D eigenvalue weighted by Crippen LogP contribution is 2.38. The van der Waals surface area contributed by atoms with Gasteiger partial charge in [-0.25, -0.2) is 23.0 Å². The summed E-state index contributed by atoms with van der Waals surface area (Å²) in [5.41, 5.74) is 1.17. The van der Waals surface area contributed by atoms with Crippen molar-refractivity contribution in [2.45, 2.75) is 13.5 Å². The van der Waals surface area contributed by atoms with E-state index in [-0.39, 0.29) is 34.6 Å². The number of aliphatic imine (C=N–C) groups is 1. The first-order valence-electron chi connectivity index (χ1n) is 10.3. The lowest BCUT2D eigenvalue weighted by Crippen LogP contribution is -2.07. The first-order valence-corrected chi connectivity index (χ1v) is 11.4. The van der Waals surface area contributed by atoms with Crippen LogP contribution in [0.25, 0.3) is 6.08 Å². The van der Waals surface area contributed by atoms with Gasteiger partial charge in [-0.15, -0.1) is 0 Å². The SMILES string of the molecule is CCOc1cc(/C=C2/N=C(c3cc(F)c(F)cc3Cl)OC2=O)cc(Br)c1OCc1ccc(F)cc1. The molecule has 0 atom stereocenters. The zero-order valence-electron chi connectivity index (χ0n) is 18.1. The lowest BCUT2D eigenvalue weighted by Gasteiger charge is -2.15. The van der Waals surface area contributed by atoms with Crippen molar-refractivity contribution >= 4 is 45.5 Å². The molecular formula is C25H16BrClF3NO4. The highest BCUT2D eigenvalue weighted by Gasteiger charge is 2.27. The molecule has 3 aromatic carbocycles. The molecule has 0 amide bonds. The van der Waals surface area contributed by atoms with E-state index in [9.17, 15) is 18.0 Å². The van der Waals surface area contributed by atoms with Crippen molar-refractivity contribution in [3.8, 4) is 11.5 Å². The minimum Gasteiger partial charge on any atom is -0.490 e. The molecule has 0 aromatic heterocycles. The van der Waals surface area contributed by atoms with Crippen molar-refractivity contribution in [2.24, 2.45) is 4.99 Å². The van der Waals surface area contributed by atoms with Gasteiger partial charge in [0.2, 0.25) is 5.90 Å². The summed E-state index contributed by atoms with van der Waals surface area (Å²) in [7, 11) is 0. The third kappa shape index (κ3) is 5.68. The van der Waals surface area contributed by atoms with E-state index in [1.165, 1.54) is 18.2 Å². The number of hydrogen-bond acceptors (Lipinski definition) is 5.